The molecule has 6 nitrogen and oxygen atoms in total. The van der Waals surface area contributed by atoms with Gasteiger partial charge in [-0.1, -0.05) is 0 Å². The van der Waals surface area contributed by atoms with Gasteiger partial charge in [-0.05, 0) is 0 Å². The van der Waals surface area contributed by atoms with E-state index in [1.807, 2.05) is 0 Å². The number of nitrogens with zero attached hydrogens (tertiary/aromatic N) is 1. The lowest BCUT2D eigenvalue weighted by atomic mass is 10.4. The molecule has 14 heavy (non-hydrogen) atoms. The second-order valence-electron chi connectivity index (χ2n) is 2.90. The molecule has 1 aliphatic heterocycles. The lowest BCUT2D eigenvalue weighted by molar-refractivity contribution is -0.00308. The van der Waals surface area contributed by atoms with E-state index in [0.29, 0.717) is 6.61 Å². The molecule has 1 saturated heterocycles. The standard InChI is InChI=1S/C8H16N2O4/c1-12-8(11)9-14-7-4-10-2-5-13-6-3-10/h2-7H2,1H3,(H,9,11). The largest absolute Gasteiger partial charge is 0.451 e. The molecule has 1 amide bonds. The quantitative estimate of drug-likeness (QED) is 0.499. The van der Waals surface area contributed by atoms with Crippen LogP contribution in [0.1, 0.15) is 0 Å². The molecule has 0 aliphatic carbocycles. The summed E-state index contributed by atoms with van der Waals surface area (Å²) in [6.45, 7) is 4.61. The van der Waals surface area contributed by atoms with Crippen LogP contribution in [0.3, 0.4) is 0 Å². The Kier molecular flexibility index (Phi) is 5.28. The van der Waals surface area contributed by atoms with Gasteiger partial charge in [0.25, 0.3) is 0 Å². The van der Waals surface area contributed by atoms with Crippen molar-refractivity contribution in [2.45, 2.75) is 0 Å². The van der Waals surface area contributed by atoms with E-state index >= 15 is 0 Å². The highest BCUT2D eigenvalue weighted by molar-refractivity contribution is 5.65. The fourth-order valence-electron chi connectivity index (χ4n) is 1.15. The van der Waals surface area contributed by atoms with Crippen molar-refractivity contribution in [1.29, 1.82) is 0 Å². The number of rotatable bonds is 4. The van der Waals surface area contributed by atoms with Gasteiger partial charge in [0.1, 0.15) is 0 Å². The SMILES string of the molecule is COC(=O)NOCCN1CCOCC1. The van der Waals surface area contributed by atoms with Crippen molar-refractivity contribution in [2.75, 3.05) is 46.6 Å². The van der Waals surface area contributed by atoms with Crippen LogP contribution < -0.4 is 5.48 Å². The zero-order valence-corrected chi connectivity index (χ0v) is 8.32. The third-order valence-corrected chi connectivity index (χ3v) is 1.95. The third-order valence-electron chi connectivity index (χ3n) is 1.95. The minimum atomic E-state index is -0.577. The molecule has 0 spiro atoms. The molecule has 1 rings (SSSR count). The van der Waals surface area contributed by atoms with E-state index in [1.165, 1.54) is 7.11 Å². The van der Waals surface area contributed by atoms with Crippen LogP contribution in [0, 0.1) is 0 Å². The highest BCUT2D eigenvalue weighted by Crippen LogP contribution is 1.95. The zero-order chi connectivity index (χ0) is 10.2. The smallest absolute Gasteiger partial charge is 0.431 e. The highest BCUT2D eigenvalue weighted by Gasteiger charge is 2.09. The Morgan fingerprint density at radius 2 is 2.21 bits per heavy atom. The van der Waals surface area contributed by atoms with Gasteiger partial charge in [0, 0.05) is 19.6 Å². The van der Waals surface area contributed by atoms with Crippen LogP contribution in [0.15, 0.2) is 0 Å². The average molecular weight is 204 g/mol. The number of hydroxylamine groups is 1. The summed E-state index contributed by atoms with van der Waals surface area (Å²) in [5.41, 5.74) is 2.15. The fraction of sp³-hybridized carbons (Fsp3) is 0.875. The minimum absolute atomic E-state index is 0.453. The summed E-state index contributed by atoms with van der Waals surface area (Å²) in [6.07, 6.45) is -0.577. The summed E-state index contributed by atoms with van der Waals surface area (Å²) in [7, 11) is 1.29. The van der Waals surface area contributed by atoms with Crippen LogP contribution >= 0.6 is 0 Å². The van der Waals surface area contributed by atoms with Crippen molar-refractivity contribution >= 4 is 6.09 Å². The second-order valence-corrected chi connectivity index (χ2v) is 2.90. The molecule has 1 fully saturated rings. The fourth-order valence-corrected chi connectivity index (χ4v) is 1.15. The van der Waals surface area contributed by atoms with Gasteiger partial charge in [0.15, 0.2) is 0 Å². The molecular weight excluding hydrogens is 188 g/mol. The first-order chi connectivity index (χ1) is 6.83. The summed E-state index contributed by atoms with van der Waals surface area (Å²) in [4.78, 5) is 17.7. The maximum Gasteiger partial charge on any atom is 0.431 e. The topological polar surface area (TPSA) is 60.0 Å². The van der Waals surface area contributed by atoms with Gasteiger partial charge in [-0.15, -0.1) is 0 Å². The number of nitrogens with one attached hydrogen (secondary N) is 1. The monoisotopic (exact) mass is 204 g/mol. The van der Waals surface area contributed by atoms with Crippen LogP contribution in [-0.4, -0.2) is 57.6 Å². The molecule has 1 heterocycles. The number of hydrogen-bond acceptors (Lipinski definition) is 5. The molecule has 0 aromatic rings. The number of ether oxygens (including phenoxy) is 2. The minimum Gasteiger partial charge on any atom is -0.451 e. The summed E-state index contributed by atoms with van der Waals surface area (Å²) < 4.78 is 9.52. The molecule has 1 N–H and O–H groups in total. The molecule has 0 aromatic carbocycles. The van der Waals surface area contributed by atoms with Crippen LogP contribution in [0.2, 0.25) is 0 Å². The normalized spacial score (nSPS) is 17.8. The van der Waals surface area contributed by atoms with Crippen LogP contribution in [-0.2, 0) is 14.3 Å². The summed E-state index contributed by atoms with van der Waals surface area (Å²) in [6, 6.07) is 0. The number of morpholine rings is 1. The number of carbonyl (C=O) groups is 1. The van der Waals surface area contributed by atoms with Crippen molar-refractivity contribution in [3.63, 3.8) is 0 Å². The molecule has 0 saturated carbocycles. The molecule has 0 radical (unpaired) electrons. The Morgan fingerprint density at radius 1 is 1.50 bits per heavy atom. The summed E-state index contributed by atoms with van der Waals surface area (Å²) >= 11 is 0. The molecule has 82 valence electrons. The molecule has 6 heteroatoms. The Balaban J connectivity index is 1.94. The van der Waals surface area contributed by atoms with E-state index < -0.39 is 6.09 Å². The van der Waals surface area contributed by atoms with Crippen molar-refractivity contribution in [1.82, 2.24) is 10.4 Å². The predicted molar refractivity (Wildman–Crippen MR) is 48.8 cm³/mol. The van der Waals surface area contributed by atoms with Crippen molar-refractivity contribution < 1.29 is 19.1 Å². The van der Waals surface area contributed by atoms with Crippen LogP contribution in [0.5, 0.6) is 0 Å². The second kappa shape index (κ2) is 6.58. The molecule has 1 aliphatic rings. The Labute approximate surface area is 83.1 Å². The van der Waals surface area contributed by atoms with Gasteiger partial charge in [-0.25, -0.2) is 4.79 Å². The number of amides is 1. The number of methoxy groups -OCH3 is 1. The Bertz CT molecular complexity index is 171. The molecule has 0 bridgehead atoms. The van der Waals surface area contributed by atoms with Gasteiger partial charge in [0.05, 0.1) is 26.9 Å². The average Bonchev–Trinajstić information content (AvgIpc) is 2.25. The molecular formula is C8H16N2O4. The van der Waals surface area contributed by atoms with Crippen molar-refractivity contribution in [3.05, 3.63) is 0 Å². The van der Waals surface area contributed by atoms with E-state index in [0.717, 1.165) is 32.8 Å². The van der Waals surface area contributed by atoms with Gasteiger partial charge < -0.3 is 9.47 Å². The Hall–Kier alpha value is -0.850. The van der Waals surface area contributed by atoms with E-state index in [2.05, 4.69) is 15.1 Å². The van der Waals surface area contributed by atoms with Crippen LogP contribution in [0.25, 0.3) is 0 Å². The van der Waals surface area contributed by atoms with Gasteiger partial charge in [0.2, 0.25) is 0 Å². The van der Waals surface area contributed by atoms with E-state index in [-0.39, 0.29) is 0 Å². The highest BCUT2D eigenvalue weighted by atomic mass is 16.7. The van der Waals surface area contributed by atoms with E-state index in [9.17, 15) is 4.79 Å². The van der Waals surface area contributed by atoms with Crippen molar-refractivity contribution in [2.24, 2.45) is 0 Å². The van der Waals surface area contributed by atoms with Crippen LogP contribution in [0.4, 0.5) is 4.79 Å². The van der Waals surface area contributed by atoms with Gasteiger partial charge in [-0.3, -0.25) is 9.74 Å². The molecule has 0 aromatic heterocycles. The lowest BCUT2D eigenvalue weighted by Gasteiger charge is -2.26. The molecule has 0 atom stereocenters. The van der Waals surface area contributed by atoms with E-state index in [4.69, 9.17) is 9.57 Å². The first-order valence-electron chi connectivity index (χ1n) is 4.59. The maximum atomic E-state index is 10.6. The maximum absolute atomic E-state index is 10.6. The van der Waals surface area contributed by atoms with E-state index in [1.54, 1.807) is 0 Å². The lowest BCUT2D eigenvalue weighted by Crippen LogP contribution is -2.39. The third kappa shape index (κ3) is 4.40. The van der Waals surface area contributed by atoms with Gasteiger partial charge in [-0.2, -0.15) is 5.48 Å². The first-order valence-corrected chi connectivity index (χ1v) is 4.59. The summed E-state index contributed by atoms with van der Waals surface area (Å²) in [5.74, 6) is 0. The number of hydrogen-bond donors (Lipinski definition) is 1. The van der Waals surface area contributed by atoms with Gasteiger partial charge >= 0.3 is 6.09 Å². The Morgan fingerprint density at radius 3 is 2.86 bits per heavy atom. The predicted octanol–water partition coefficient (Wildman–Crippen LogP) is -0.394. The first kappa shape index (κ1) is 11.2. The summed E-state index contributed by atoms with van der Waals surface area (Å²) in [5, 5.41) is 0. The van der Waals surface area contributed by atoms with Crippen molar-refractivity contribution in [3.8, 4) is 0 Å². The number of carbonyl (C=O) groups excluding carboxylic acids is 1. The zero-order valence-electron chi connectivity index (χ0n) is 8.32. The molecule has 0 unspecified atom stereocenters.